The minimum absolute atomic E-state index is 0.124. The van der Waals surface area contributed by atoms with Crippen LogP contribution in [0.15, 0.2) is 28.6 Å². The van der Waals surface area contributed by atoms with Crippen LogP contribution in [0.4, 0.5) is 5.13 Å². The van der Waals surface area contributed by atoms with E-state index in [1.807, 2.05) is 0 Å². The average Bonchev–Trinajstić information content (AvgIpc) is 2.91. The molecule has 2 aromatic rings. The lowest BCUT2D eigenvalue weighted by Crippen LogP contribution is -2.20. The zero-order valence-electron chi connectivity index (χ0n) is 11.3. The van der Waals surface area contributed by atoms with Crippen LogP contribution >= 0.6 is 34.7 Å². The second kappa shape index (κ2) is 8.21. The van der Waals surface area contributed by atoms with Gasteiger partial charge in [0.1, 0.15) is 5.75 Å². The van der Waals surface area contributed by atoms with Crippen LogP contribution in [0.2, 0.25) is 5.02 Å². The summed E-state index contributed by atoms with van der Waals surface area (Å²) >= 11 is 8.92. The number of thioether (sulfide) groups is 1. The van der Waals surface area contributed by atoms with Crippen molar-refractivity contribution in [2.24, 2.45) is 0 Å². The molecule has 0 fully saturated rings. The van der Waals surface area contributed by atoms with Gasteiger partial charge in [-0.2, -0.15) is 0 Å². The van der Waals surface area contributed by atoms with Crippen LogP contribution in [0, 0.1) is 0 Å². The number of hydrogen-bond acceptors (Lipinski definition) is 6. The van der Waals surface area contributed by atoms with E-state index >= 15 is 0 Å². The number of anilines is 1. The van der Waals surface area contributed by atoms with Crippen molar-refractivity contribution in [1.29, 1.82) is 0 Å². The maximum atomic E-state index is 11.8. The minimum Gasteiger partial charge on any atom is -0.482 e. The first-order chi connectivity index (χ1) is 10.2. The van der Waals surface area contributed by atoms with Gasteiger partial charge in [0, 0.05) is 5.75 Å². The molecular formula is C13H14ClN3O2S2. The summed E-state index contributed by atoms with van der Waals surface area (Å²) in [6.07, 6.45) is 1.07. The Bertz CT molecular complexity index is 607. The van der Waals surface area contributed by atoms with Gasteiger partial charge in [-0.05, 0) is 18.6 Å². The quantitative estimate of drug-likeness (QED) is 0.613. The standard InChI is InChI=1S/C13H14ClN3O2S2/c1-2-7-20-13-17-16-12(21-13)15-11(18)8-19-10-6-4-3-5-9(10)14/h3-6H,2,7-8H2,1H3,(H,15,16,18). The number of halogens is 1. The fourth-order valence-corrected chi connectivity index (χ4v) is 3.25. The number of carbonyl (C=O) groups excluding carboxylic acids is 1. The highest BCUT2D eigenvalue weighted by molar-refractivity contribution is 8.01. The predicted molar refractivity (Wildman–Crippen MR) is 86.5 cm³/mol. The lowest BCUT2D eigenvalue weighted by atomic mass is 10.3. The summed E-state index contributed by atoms with van der Waals surface area (Å²) in [5.41, 5.74) is 0. The molecule has 1 heterocycles. The molecule has 2 rings (SSSR count). The smallest absolute Gasteiger partial charge is 0.264 e. The Morgan fingerprint density at radius 2 is 2.24 bits per heavy atom. The highest BCUT2D eigenvalue weighted by Gasteiger charge is 2.10. The van der Waals surface area contributed by atoms with Crippen molar-refractivity contribution in [1.82, 2.24) is 10.2 Å². The number of aromatic nitrogens is 2. The molecule has 0 aliphatic rings. The van der Waals surface area contributed by atoms with Gasteiger partial charge in [-0.3, -0.25) is 10.1 Å². The van der Waals surface area contributed by atoms with Gasteiger partial charge in [-0.25, -0.2) is 0 Å². The first-order valence-corrected chi connectivity index (χ1v) is 8.50. The van der Waals surface area contributed by atoms with Gasteiger partial charge in [-0.1, -0.05) is 53.8 Å². The Morgan fingerprint density at radius 1 is 1.43 bits per heavy atom. The molecule has 1 amide bonds. The number of amides is 1. The fraction of sp³-hybridized carbons (Fsp3) is 0.308. The topological polar surface area (TPSA) is 64.1 Å². The molecule has 5 nitrogen and oxygen atoms in total. The van der Waals surface area contributed by atoms with Gasteiger partial charge in [0.2, 0.25) is 5.13 Å². The van der Waals surface area contributed by atoms with E-state index in [0.717, 1.165) is 16.5 Å². The maximum Gasteiger partial charge on any atom is 0.264 e. The summed E-state index contributed by atoms with van der Waals surface area (Å²) in [6.45, 7) is 1.98. The van der Waals surface area contributed by atoms with Crippen LogP contribution in [0.25, 0.3) is 0 Å². The molecule has 0 bridgehead atoms. The first-order valence-electron chi connectivity index (χ1n) is 6.32. The van der Waals surface area contributed by atoms with E-state index < -0.39 is 0 Å². The molecule has 0 saturated carbocycles. The number of ether oxygens (including phenoxy) is 1. The summed E-state index contributed by atoms with van der Waals surface area (Å²) in [6, 6.07) is 7.00. The number of nitrogens with one attached hydrogen (secondary N) is 1. The molecule has 0 aliphatic heterocycles. The SMILES string of the molecule is CCCSc1nnc(NC(=O)COc2ccccc2Cl)s1. The van der Waals surface area contributed by atoms with Crippen LogP contribution < -0.4 is 10.1 Å². The third-order valence-corrected chi connectivity index (χ3v) is 4.77. The van der Waals surface area contributed by atoms with E-state index in [-0.39, 0.29) is 12.5 Å². The van der Waals surface area contributed by atoms with E-state index in [9.17, 15) is 4.79 Å². The van der Waals surface area contributed by atoms with Gasteiger partial charge >= 0.3 is 0 Å². The summed E-state index contributed by atoms with van der Waals surface area (Å²) < 4.78 is 6.20. The highest BCUT2D eigenvalue weighted by Crippen LogP contribution is 2.26. The Balaban J connectivity index is 1.82. The maximum absolute atomic E-state index is 11.8. The Morgan fingerprint density at radius 3 is 3.00 bits per heavy atom. The molecule has 112 valence electrons. The first kappa shape index (κ1) is 16.1. The molecule has 1 N–H and O–H groups in total. The van der Waals surface area contributed by atoms with Gasteiger partial charge in [0.05, 0.1) is 5.02 Å². The van der Waals surface area contributed by atoms with Gasteiger partial charge in [0.15, 0.2) is 10.9 Å². The van der Waals surface area contributed by atoms with Crippen molar-refractivity contribution in [3.63, 3.8) is 0 Å². The van der Waals surface area contributed by atoms with Crippen molar-refractivity contribution in [3.05, 3.63) is 29.3 Å². The van der Waals surface area contributed by atoms with E-state index in [1.54, 1.807) is 36.0 Å². The van der Waals surface area contributed by atoms with Crippen LogP contribution in [0.1, 0.15) is 13.3 Å². The van der Waals surface area contributed by atoms with Crippen LogP contribution in [0.5, 0.6) is 5.75 Å². The molecule has 0 radical (unpaired) electrons. The normalized spacial score (nSPS) is 10.4. The van der Waals surface area contributed by atoms with E-state index in [2.05, 4.69) is 22.4 Å². The zero-order chi connectivity index (χ0) is 15.1. The van der Waals surface area contributed by atoms with E-state index in [4.69, 9.17) is 16.3 Å². The van der Waals surface area contributed by atoms with Crippen LogP contribution in [-0.2, 0) is 4.79 Å². The molecule has 21 heavy (non-hydrogen) atoms. The molecule has 8 heteroatoms. The summed E-state index contributed by atoms with van der Waals surface area (Å²) in [7, 11) is 0. The third-order valence-electron chi connectivity index (χ3n) is 2.28. The van der Waals surface area contributed by atoms with E-state index in [1.165, 1.54) is 11.3 Å². The molecule has 0 unspecified atom stereocenters. The third kappa shape index (κ3) is 5.18. The lowest BCUT2D eigenvalue weighted by Gasteiger charge is -2.06. The van der Waals surface area contributed by atoms with Gasteiger partial charge < -0.3 is 4.74 Å². The minimum atomic E-state index is -0.293. The summed E-state index contributed by atoms with van der Waals surface area (Å²) in [4.78, 5) is 11.8. The molecular weight excluding hydrogens is 330 g/mol. The number of rotatable bonds is 7. The predicted octanol–water partition coefficient (Wildman–Crippen LogP) is 3.71. The van der Waals surface area contributed by atoms with Crippen molar-refractivity contribution in [3.8, 4) is 5.75 Å². The number of para-hydroxylation sites is 1. The average molecular weight is 344 g/mol. The Hall–Kier alpha value is -1.31. The summed E-state index contributed by atoms with van der Waals surface area (Å²) in [5.74, 6) is 1.17. The lowest BCUT2D eigenvalue weighted by molar-refractivity contribution is -0.118. The monoisotopic (exact) mass is 343 g/mol. The Kier molecular flexibility index (Phi) is 6.28. The molecule has 0 aliphatic carbocycles. The Labute approximate surface area is 136 Å². The van der Waals surface area contributed by atoms with Crippen molar-refractivity contribution >= 4 is 45.7 Å². The zero-order valence-corrected chi connectivity index (χ0v) is 13.7. The van der Waals surface area contributed by atoms with Crippen LogP contribution in [0.3, 0.4) is 0 Å². The highest BCUT2D eigenvalue weighted by atomic mass is 35.5. The van der Waals surface area contributed by atoms with Crippen molar-refractivity contribution in [2.45, 2.75) is 17.7 Å². The second-order valence-electron chi connectivity index (χ2n) is 3.99. The van der Waals surface area contributed by atoms with Gasteiger partial charge in [0.25, 0.3) is 5.91 Å². The van der Waals surface area contributed by atoms with E-state index in [0.29, 0.717) is 15.9 Å². The number of benzene rings is 1. The van der Waals surface area contributed by atoms with Crippen LogP contribution in [-0.4, -0.2) is 28.5 Å². The van der Waals surface area contributed by atoms with Gasteiger partial charge in [-0.15, -0.1) is 10.2 Å². The number of hydrogen-bond donors (Lipinski definition) is 1. The second-order valence-corrected chi connectivity index (χ2v) is 6.72. The van der Waals surface area contributed by atoms with Crippen molar-refractivity contribution < 1.29 is 9.53 Å². The molecule has 1 aromatic heterocycles. The number of nitrogens with zero attached hydrogens (tertiary/aromatic N) is 2. The molecule has 1 aromatic carbocycles. The molecule has 0 spiro atoms. The fourth-order valence-electron chi connectivity index (χ4n) is 1.37. The molecule has 0 saturated heterocycles. The largest absolute Gasteiger partial charge is 0.482 e. The number of carbonyl (C=O) groups is 1. The molecule has 0 atom stereocenters. The van der Waals surface area contributed by atoms with Crippen molar-refractivity contribution in [2.75, 3.05) is 17.7 Å². The summed E-state index contributed by atoms with van der Waals surface area (Å²) in [5, 5.41) is 11.5.